The van der Waals surface area contributed by atoms with Crippen LogP contribution in [-0.4, -0.2) is 6.71 Å². The Morgan fingerprint density at radius 3 is 1.36 bits per heavy atom. The minimum atomic E-state index is 0. The smallest absolute Gasteiger partial charge is 0.184 e. The summed E-state index contributed by atoms with van der Waals surface area (Å²) < 4.78 is 0. The van der Waals surface area contributed by atoms with Crippen LogP contribution in [0.2, 0.25) is 19.0 Å². The van der Waals surface area contributed by atoms with Crippen molar-refractivity contribution in [1.29, 1.82) is 0 Å². The molecule has 0 fully saturated rings. The van der Waals surface area contributed by atoms with Gasteiger partial charge in [0.15, 0.2) is 0 Å². The van der Waals surface area contributed by atoms with Crippen LogP contribution >= 0.6 is 0 Å². The molecule has 0 aliphatic carbocycles. The second kappa shape index (κ2) is 12.9. The van der Waals surface area contributed by atoms with E-state index in [1.54, 1.807) is 0 Å². The van der Waals surface area contributed by atoms with Crippen molar-refractivity contribution < 1.29 is 18.9 Å². The summed E-state index contributed by atoms with van der Waals surface area (Å²) in [6.07, 6.45) is 4.06. The van der Waals surface area contributed by atoms with E-state index in [0.717, 1.165) is 6.71 Å². The number of hydrogen-bond donors (Lipinski definition) is 0. The van der Waals surface area contributed by atoms with Crippen molar-refractivity contribution in [3.8, 4) is 0 Å². The van der Waals surface area contributed by atoms with Crippen molar-refractivity contribution in [3.63, 3.8) is 0 Å². The maximum atomic E-state index is 2.89. The summed E-state index contributed by atoms with van der Waals surface area (Å²) in [4.78, 5) is 0. The Bertz CT molecular complexity index is 141. The number of hydrogen-bond acceptors (Lipinski definition) is 0. The first-order chi connectivity index (χ1) is 6.35. The summed E-state index contributed by atoms with van der Waals surface area (Å²) in [6.45, 7) is 7.77. The number of rotatable bonds is 3. The fourth-order valence-electron chi connectivity index (χ4n) is 1.21. The van der Waals surface area contributed by atoms with E-state index in [2.05, 4.69) is 26.8 Å². The number of benzene rings is 1. The zero-order valence-corrected chi connectivity index (χ0v) is 10.1. The Morgan fingerprint density at radius 2 is 1.29 bits per heavy atom. The summed E-state index contributed by atoms with van der Waals surface area (Å²) in [5.41, 5.74) is 0. The summed E-state index contributed by atoms with van der Waals surface area (Å²) in [7, 11) is 0. The molecule has 1 aromatic carbocycles. The van der Waals surface area contributed by atoms with Crippen LogP contribution in [0.1, 0.15) is 20.8 Å². The van der Waals surface area contributed by atoms with E-state index in [0.29, 0.717) is 0 Å². The second-order valence-corrected chi connectivity index (χ2v) is 3.17. The normalized spacial score (nSPS) is 7.93. The monoisotopic (exact) mass is 182 g/mol. The van der Waals surface area contributed by atoms with Crippen LogP contribution in [0.25, 0.3) is 0 Å². The van der Waals surface area contributed by atoms with E-state index in [1.807, 2.05) is 30.3 Å². The van der Waals surface area contributed by atoms with E-state index < -0.39 is 0 Å². The van der Waals surface area contributed by atoms with Crippen molar-refractivity contribution in [3.05, 3.63) is 36.4 Å². The first-order valence-corrected chi connectivity index (χ1v) is 5.26. The van der Waals surface area contributed by atoms with Crippen molar-refractivity contribution in [2.75, 3.05) is 0 Å². The molecular formula is C12H20BLi. The van der Waals surface area contributed by atoms with Crippen LogP contribution in [0, 0.1) is 6.07 Å². The topological polar surface area (TPSA) is 0 Å². The van der Waals surface area contributed by atoms with Crippen molar-refractivity contribution >= 4 is 6.71 Å². The molecule has 0 nitrogen and oxygen atoms in total. The van der Waals surface area contributed by atoms with Gasteiger partial charge in [0.2, 0.25) is 0 Å². The second-order valence-electron chi connectivity index (χ2n) is 3.17. The van der Waals surface area contributed by atoms with Crippen LogP contribution in [0.5, 0.6) is 0 Å². The van der Waals surface area contributed by atoms with Gasteiger partial charge < -0.3 is 0 Å². The summed E-state index contributed by atoms with van der Waals surface area (Å²) in [5, 5.41) is 0. The van der Waals surface area contributed by atoms with Crippen molar-refractivity contribution in [1.82, 2.24) is 0 Å². The maximum Gasteiger partial charge on any atom is 1.00 e. The summed E-state index contributed by atoms with van der Waals surface area (Å²) >= 11 is 0. The Balaban J connectivity index is 0. The molecule has 0 amide bonds. The summed E-state index contributed by atoms with van der Waals surface area (Å²) in [6, 6.07) is 12.5. The fourth-order valence-corrected chi connectivity index (χ4v) is 1.21. The molecule has 2 heteroatoms. The standard InChI is InChI=1S/C6H15B.C6H5.Li/c1-4-7(5-2)6-3;1-2-4-6-5-3-1;/h4-6H2,1-3H3;1-5H;/q;-1;+1. The molecule has 14 heavy (non-hydrogen) atoms. The zero-order chi connectivity index (χ0) is 9.94. The van der Waals surface area contributed by atoms with E-state index in [9.17, 15) is 0 Å². The third-order valence-electron chi connectivity index (χ3n) is 2.34. The van der Waals surface area contributed by atoms with Gasteiger partial charge in [-0.15, -0.1) is 0 Å². The molecule has 0 bridgehead atoms. The molecule has 0 spiro atoms. The predicted octanol–water partition coefficient (Wildman–Crippen LogP) is 1.03. The van der Waals surface area contributed by atoms with Gasteiger partial charge in [0.25, 0.3) is 0 Å². The van der Waals surface area contributed by atoms with E-state index in [4.69, 9.17) is 0 Å². The fraction of sp³-hybridized carbons (Fsp3) is 0.500. The van der Waals surface area contributed by atoms with Crippen molar-refractivity contribution in [2.45, 2.75) is 39.7 Å². The Hall–Kier alpha value is -0.118. The molecular weight excluding hydrogens is 162 g/mol. The minimum absolute atomic E-state index is 0. The Labute approximate surface area is 102 Å². The molecule has 0 N–H and O–H groups in total. The largest absolute Gasteiger partial charge is 1.00 e. The molecule has 0 saturated heterocycles. The van der Waals surface area contributed by atoms with Gasteiger partial charge in [0, 0.05) is 0 Å². The van der Waals surface area contributed by atoms with Gasteiger partial charge in [0.05, 0.1) is 0 Å². The molecule has 72 valence electrons. The first kappa shape index (κ1) is 16.3. The average Bonchev–Trinajstić information content (AvgIpc) is 2.24. The Morgan fingerprint density at radius 1 is 0.857 bits per heavy atom. The van der Waals surface area contributed by atoms with Crippen LogP contribution in [-0.2, 0) is 0 Å². The van der Waals surface area contributed by atoms with Crippen LogP contribution in [0.15, 0.2) is 30.3 Å². The van der Waals surface area contributed by atoms with Gasteiger partial charge in [-0.3, -0.25) is 0 Å². The molecule has 0 aliphatic heterocycles. The van der Waals surface area contributed by atoms with Crippen LogP contribution < -0.4 is 18.9 Å². The van der Waals surface area contributed by atoms with Gasteiger partial charge in [-0.25, -0.2) is 0 Å². The third kappa shape index (κ3) is 9.97. The third-order valence-corrected chi connectivity index (χ3v) is 2.34. The van der Waals surface area contributed by atoms with E-state index >= 15 is 0 Å². The minimum Gasteiger partial charge on any atom is -0.184 e. The van der Waals surface area contributed by atoms with Gasteiger partial charge in [-0.1, -0.05) is 39.7 Å². The van der Waals surface area contributed by atoms with Crippen molar-refractivity contribution in [2.24, 2.45) is 0 Å². The van der Waals surface area contributed by atoms with Crippen LogP contribution in [0.3, 0.4) is 0 Å². The predicted molar refractivity (Wildman–Crippen MR) is 62.5 cm³/mol. The van der Waals surface area contributed by atoms with Crippen LogP contribution in [0.4, 0.5) is 0 Å². The van der Waals surface area contributed by atoms with Gasteiger partial charge in [-0.05, 0) is 0 Å². The molecule has 0 unspecified atom stereocenters. The van der Waals surface area contributed by atoms with Gasteiger partial charge >= 0.3 is 18.9 Å². The maximum absolute atomic E-state index is 2.89. The molecule has 1 rings (SSSR count). The molecule has 0 saturated carbocycles. The van der Waals surface area contributed by atoms with Gasteiger partial charge in [0.1, 0.15) is 6.71 Å². The van der Waals surface area contributed by atoms with E-state index in [1.165, 1.54) is 19.0 Å². The molecule has 0 aromatic heterocycles. The SMILES string of the molecule is CCB(CC)CC.[Li+].[c-]1ccccc1. The molecule has 0 radical (unpaired) electrons. The Kier molecular flexibility index (Phi) is 15.0. The molecule has 0 heterocycles. The zero-order valence-electron chi connectivity index (χ0n) is 10.1. The summed E-state index contributed by atoms with van der Waals surface area (Å²) in [5.74, 6) is 0. The van der Waals surface area contributed by atoms with Gasteiger partial charge in [-0.2, -0.15) is 36.4 Å². The first-order valence-electron chi connectivity index (χ1n) is 5.26. The average molecular weight is 182 g/mol. The molecule has 1 aromatic rings. The molecule has 0 aliphatic rings. The van der Waals surface area contributed by atoms with E-state index in [-0.39, 0.29) is 18.9 Å². The quantitative estimate of drug-likeness (QED) is 0.483. The molecule has 0 atom stereocenters.